The first-order valence-electron chi connectivity index (χ1n) is 5.07. The summed E-state index contributed by atoms with van der Waals surface area (Å²) < 4.78 is 0.774. The maximum Gasteiger partial charge on any atom is 0.265 e. The third kappa shape index (κ3) is 2.58. The standard InChI is InChI=1S/C10H13BrN2OS/c1-7-2-4-13(5-3-7)9(14)8-6-12-10(11)15-8/h6-7H,2-5H2,1H3. The normalized spacial score (nSPS) is 18.1. The number of hydrogen-bond donors (Lipinski definition) is 0. The van der Waals surface area contributed by atoms with Gasteiger partial charge in [-0.3, -0.25) is 4.79 Å². The van der Waals surface area contributed by atoms with Crippen molar-refractivity contribution in [1.29, 1.82) is 0 Å². The lowest BCUT2D eigenvalue weighted by Crippen LogP contribution is -2.37. The van der Waals surface area contributed by atoms with E-state index in [1.807, 2.05) is 4.90 Å². The van der Waals surface area contributed by atoms with Gasteiger partial charge >= 0.3 is 0 Å². The van der Waals surface area contributed by atoms with Gasteiger partial charge in [-0.1, -0.05) is 6.92 Å². The summed E-state index contributed by atoms with van der Waals surface area (Å²) >= 11 is 4.68. The molecular formula is C10H13BrN2OS. The Morgan fingerprint density at radius 3 is 2.80 bits per heavy atom. The highest BCUT2D eigenvalue weighted by Crippen LogP contribution is 2.23. The lowest BCUT2D eigenvalue weighted by molar-refractivity contribution is 0.0702. The minimum Gasteiger partial charge on any atom is -0.338 e. The Bertz CT molecular complexity index is 358. The topological polar surface area (TPSA) is 33.2 Å². The Labute approximate surface area is 102 Å². The summed E-state index contributed by atoms with van der Waals surface area (Å²) in [6, 6.07) is 0. The summed E-state index contributed by atoms with van der Waals surface area (Å²) in [4.78, 5) is 18.7. The predicted molar refractivity (Wildman–Crippen MR) is 64.1 cm³/mol. The molecule has 1 fully saturated rings. The molecule has 0 saturated carbocycles. The van der Waals surface area contributed by atoms with E-state index in [1.165, 1.54) is 11.3 Å². The van der Waals surface area contributed by atoms with Gasteiger partial charge in [0.05, 0.1) is 6.20 Å². The number of hydrogen-bond acceptors (Lipinski definition) is 3. The van der Waals surface area contributed by atoms with Crippen molar-refractivity contribution in [3.8, 4) is 0 Å². The highest BCUT2D eigenvalue weighted by molar-refractivity contribution is 9.11. The second-order valence-corrected chi connectivity index (χ2v) is 6.26. The molecule has 0 aromatic carbocycles. The molecule has 1 aliphatic rings. The molecule has 2 heterocycles. The van der Waals surface area contributed by atoms with Crippen LogP contribution < -0.4 is 0 Å². The highest BCUT2D eigenvalue weighted by atomic mass is 79.9. The van der Waals surface area contributed by atoms with Crippen molar-refractivity contribution in [2.24, 2.45) is 5.92 Å². The van der Waals surface area contributed by atoms with Crippen molar-refractivity contribution < 1.29 is 4.79 Å². The van der Waals surface area contributed by atoms with Gasteiger partial charge in [-0.2, -0.15) is 0 Å². The van der Waals surface area contributed by atoms with E-state index < -0.39 is 0 Å². The number of thiazole rings is 1. The van der Waals surface area contributed by atoms with Crippen LogP contribution in [0.3, 0.4) is 0 Å². The van der Waals surface area contributed by atoms with Gasteiger partial charge in [0.1, 0.15) is 4.88 Å². The molecule has 0 atom stereocenters. The van der Waals surface area contributed by atoms with Crippen LogP contribution in [0.2, 0.25) is 0 Å². The van der Waals surface area contributed by atoms with Crippen LogP contribution in [0.25, 0.3) is 0 Å². The number of halogens is 1. The monoisotopic (exact) mass is 288 g/mol. The molecule has 0 spiro atoms. The van der Waals surface area contributed by atoms with Crippen LogP contribution in [0.1, 0.15) is 29.4 Å². The van der Waals surface area contributed by atoms with E-state index in [-0.39, 0.29) is 5.91 Å². The Balaban J connectivity index is 2.02. The number of amides is 1. The second kappa shape index (κ2) is 4.61. The zero-order valence-corrected chi connectivity index (χ0v) is 11.0. The van der Waals surface area contributed by atoms with Gasteiger partial charge in [0.2, 0.25) is 0 Å². The van der Waals surface area contributed by atoms with E-state index in [1.54, 1.807) is 6.20 Å². The van der Waals surface area contributed by atoms with Gasteiger partial charge in [0.25, 0.3) is 5.91 Å². The fourth-order valence-corrected chi connectivity index (χ4v) is 2.95. The summed E-state index contributed by atoms with van der Waals surface area (Å²) in [5.74, 6) is 0.882. The quantitative estimate of drug-likeness (QED) is 0.796. The average molecular weight is 289 g/mol. The predicted octanol–water partition coefficient (Wildman–Crippen LogP) is 2.78. The molecule has 5 heteroatoms. The van der Waals surface area contributed by atoms with Gasteiger partial charge in [-0.05, 0) is 34.7 Å². The maximum atomic E-state index is 12.0. The average Bonchev–Trinajstić information content (AvgIpc) is 2.65. The van der Waals surface area contributed by atoms with Crippen molar-refractivity contribution in [2.75, 3.05) is 13.1 Å². The smallest absolute Gasteiger partial charge is 0.265 e. The molecule has 1 aromatic rings. The Morgan fingerprint density at radius 1 is 1.60 bits per heavy atom. The van der Waals surface area contributed by atoms with Crippen molar-refractivity contribution in [3.63, 3.8) is 0 Å². The lowest BCUT2D eigenvalue weighted by Gasteiger charge is -2.29. The molecule has 0 unspecified atom stereocenters. The molecule has 1 amide bonds. The zero-order valence-electron chi connectivity index (χ0n) is 8.57. The molecule has 1 saturated heterocycles. The summed E-state index contributed by atoms with van der Waals surface area (Å²) in [6.07, 6.45) is 3.88. The Morgan fingerprint density at radius 2 is 2.27 bits per heavy atom. The molecule has 1 aliphatic heterocycles. The van der Waals surface area contributed by atoms with E-state index in [0.29, 0.717) is 0 Å². The molecule has 82 valence electrons. The number of rotatable bonds is 1. The summed E-state index contributed by atoms with van der Waals surface area (Å²) in [7, 11) is 0. The van der Waals surface area contributed by atoms with Gasteiger partial charge in [0, 0.05) is 13.1 Å². The van der Waals surface area contributed by atoms with Crippen molar-refractivity contribution in [2.45, 2.75) is 19.8 Å². The molecule has 0 radical (unpaired) electrons. The number of carbonyl (C=O) groups excluding carboxylic acids is 1. The van der Waals surface area contributed by atoms with Crippen molar-refractivity contribution >= 4 is 33.2 Å². The van der Waals surface area contributed by atoms with E-state index >= 15 is 0 Å². The van der Waals surface area contributed by atoms with Gasteiger partial charge < -0.3 is 4.90 Å². The van der Waals surface area contributed by atoms with Crippen LogP contribution in [0.4, 0.5) is 0 Å². The maximum absolute atomic E-state index is 12.0. The van der Waals surface area contributed by atoms with Crippen LogP contribution in [-0.4, -0.2) is 28.9 Å². The highest BCUT2D eigenvalue weighted by Gasteiger charge is 2.22. The number of carbonyl (C=O) groups is 1. The van der Waals surface area contributed by atoms with Gasteiger partial charge in [-0.15, -0.1) is 11.3 Å². The third-order valence-electron chi connectivity index (χ3n) is 2.76. The SMILES string of the molecule is CC1CCN(C(=O)c2cnc(Br)s2)CC1. The van der Waals surface area contributed by atoms with Crippen molar-refractivity contribution in [3.05, 3.63) is 15.0 Å². The largest absolute Gasteiger partial charge is 0.338 e. The first-order chi connectivity index (χ1) is 7.16. The summed E-state index contributed by atoms with van der Waals surface area (Å²) in [5.41, 5.74) is 0. The number of likely N-dealkylation sites (tertiary alicyclic amines) is 1. The van der Waals surface area contributed by atoms with Gasteiger partial charge in [-0.25, -0.2) is 4.98 Å². The first-order valence-corrected chi connectivity index (χ1v) is 6.68. The minimum absolute atomic E-state index is 0.130. The van der Waals surface area contributed by atoms with E-state index in [9.17, 15) is 4.79 Å². The van der Waals surface area contributed by atoms with Crippen molar-refractivity contribution in [1.82, 2.24) is 9.88 Å². The zero-order chi connectivity index (χ0) is 10.8. The van der Waals surface area contributed by atoms with E-state index in [2.05, 4.69) is 27.8 Å². The third-order valence-corrected chi connectivity index (χ3v) is 4.22. The Hall–Kier alpha value is -0.420. The van der Waals surface area contributed by atoms with E-state index in [0.717, 1.165) is 40.6 Å². The molecule has 15 heavy (non-hydrogen) atoms. The molecule has 0 aliphatic carbocycles. The van der Waals surface area contributed by atoms with Crippen LogP contribution in [0.5, 0.6) is 0 Å². The second-order valence-electron chi connectivity index (χ2n) is 3.95. The van der Waals surface area contributed by atoms with Crippen LogP contribution >= 0.6 is 27.3 Å². The molecular weight excluding hydrogens is 276 g/mol. The molecule has 2 rings (SSSR count). The van der Waals surface area contributed by atoms with Crippen LogP contribution in [0.15, 0.2) is 10.1 Å². The summed E-state index contributed by atoms with van der Waals surface area (Å²) in [6.45, 7) is 4.01. The minimum atomic E-state index is 0.130. The fraction of sp³-hybridized carbons (Fsp3) is 0.600. The number of nitrogens with zero attached hydrogens (tertiary/aromatic N) is 2. The van der Waals surface area contributed by atoms with Crippen LogP contribution in [-0.2, 0) is 0 Å². The van der Waals surface area contributed by atoms with Gasteiger partial charge in [0.15, 0.2) is 3.92 Å². The number of aromatic nitrogens is 1. The summed E-state index contributed by atoms with van der Waals surface area (Å²) in [5, 5.41) is 0. The molecule has 1 aromatic heterocycles. The molecule has 3 nitrogen and oxygen atoms in total. The molecule has 0 bridgehead atoms. The fourth-order valence-electron chi connectivity index (χ4n) is 1.72. The molecule has 0 N–H and O–H groups in total. The Kier molecular flexibility index (Phi) is 3.41. The lowest BCUT2D eigenvalue weighted by atomic mass is 9.99. The van der Waals surface area contributed by atoms with Crippen LogP contribution in [0, 0.1) is 5.92 Å². The van der Waals surface area contributed by atoms with E-state index in [4.69, 9.17) is 0 Å². The number of piperidine rings is 1. The first kappa shape index (κ1) is 11.1.